The lowest BCUT2D eigenvalue weighted by Crippen LogP contribution is -2.28. The Kier molecular flexibility index (Phi) is 4.41. The van der Waals surface area contributed by atoms with Gasteiger partial charge in [-0.3, -0.25) is 4.98 Å². The number of carbonyl (C=O) groups is 1. The quantitative estimate of drug-likeness (QED) is 0.612. The molecule has 25 heavy (non-hydrogen) atoms. The van der Waals surface area contributed by atoms with Crippen molar-refractivity contribution < 1.29 is 9.53 Å². The fraction of sp³-hybridized carbons (Fsp3) is 0.444. The Morgan fingerprint density at radius 3 is 2.72 bits per heavy atom. The minimum absolute atomic E-state index is 0.0856. The molecule has 0 fully saturated rings. The van der Waals surface area contributed by atoms with Gasteiger partial charge >= 0.3 is 5.97 Å². The molecule has 0 spiro atoms. The van der Waals surface area contributed by atoms with E-state index >= 15 is 0 Å². The molecule has 0 radical (unpaired) electrons. The standard InChI is InChI=1S/C18H21ClN4O2/c1-10(2)25-16(24)12-8-20-17(19)22-15(12)23-9-18(4,5)14-13(23)7-6-11(3)21-14/h6-8,10H,9H2,1-5H3. The molecule has 0 saturated heterocycles. The van der Waals surface area contributed by atoms with Gasteiger partial charge in [0.25, 0.3) is 0 Å². The summed E-state index contributed by atoms with van der Waals surface area (Å²) in [6.45, 7) is 10.4. The van der Waals surface area contributed by atoms with Crippen molar-refractivity contribution in [2.45, 2.75) is 46.1 Å². The third kappa shape index (κ3) is 3.31. The van der Waals surface area contributed by atoms with E-state index in [2.05, 4.69) is 23.8 Å². The van der Waals surface area contributed by atoms with Crippen molar-refractivity contribution in [2.75, 3.05) is 11.4 Å². The largest absolute Gasteiger partial charge is 0.459 e. The highest BCUT2D eigenvalue weighted by Crippen LogP contribution is 2.43. The average molecular weight is 361 g/mol. The molecule has 0 unspecified atom stereocenters. The van der Waals surface area contributed by atoms with Gasteiger partial charge in [-0.05, 0) is 44.5 Å². The second kappa shape index (κ2) is 6.26. The highest BCUT2D eigenvalue weighted by atomic mass is 35.5. The van der Waals surface area contributed by atoms with Gasteiger partial charge in [0.15, 0.2) is 5.82 Å². The first-order chi connectivity index (χ1) is 11.7. The lowest BCUT2D eigenvalue weighted by atomic mass is 9.91. The Morgan fingerprint density at radius 1 is 1.32 bits per heavy atom. The molecule has 3 heterocycles. The summed E-state index contributed by atoms with van der Waals surface area (Å²) in [5.41, 5.74) is 2.96. The molecule has 0 aromatic carbocycles. The molecule has 132 valence electrons. The molecular weight excluding hydrogens is 340 g/mol. The Morgan fingerprint density at radius 2 is 2.04 bits per heavy atom. The van der Waals surface area contributed by atoms with Crippen molar-refractivity contribution in [3.05, 3.63) is 40.6 Å². The molecule has 0 amide bonds. The monoisotopic (exact) mass is 360 g/mol. The first-order valence-corrected chi connectivity index (χ1v) is 8.56. The number of halogens is 1. The third-order valence-electron chi connectivity index (χ3n) is 4.06. The molecule has 0 N–H and O–H groups in total. The summed E-state index contributed by atoms with van der Waals surface area (Å²) in [4.78, 5) is 27.4. The summed E-state index contributed by atoms with van der Waals surface area (Å²) in [5.74, 6) is -0.0175. The van der Waals surface area contributed by atoms with Gasteiger partial charge in [-0.15, -0.1) is 0 Å². The number of fused-ring (bicyclic) bond motifs is 1. The van der Waals surface area contributed by atoms with Gasteiger partial charge in [0, 0.05) is 23.9 Å². The number of pyridine rings is 1. The predicted octanol–water partition coefficient (Wildman–Crippen LogP) is 3.83. The molecule has 0 aliphatic carbocycles. The first-order valence-electron chi connectivity index (χ1n) is 8.18. The molecule has 1 aliphatic rings. The van der Waals surface area contributed by atoms with Crippen LogP contribution in [-0.4, -0.2) is 33.6 Å². The van der Waals surface area contributed by atoms with Gasteiger partial charge in [-0.25, -0.2) is 9.78 Å². The highest BCUT2D eigenvalue weighted by molar-refractivity contribution is 6.28. The lowest BCUT2D eigenvalue weighted by Gasteiger charge is -2.23. The molecule has 7 heteroatoms. The van der Waals surface area contributed by atoms with Crippen LogP contribution in [0, 0.1) is 6.92 Å². The van der Waals surface area contributed by atoms with E-state index in [1.54, 1.807) is 13.8 Å². The lowest BCUT2D eigenvalue weighted by molar-refractivity contribution is 0.0378. The number of rotatable bonds is 3. The van der Waals surface area contributed by atoms with E-state index in [0.717, 1.165) is 17.1 Å². The molecule has 1 aliphatic heterocycles. The summed E-state index contributed by atoms with van der Waals surface area (Å²) in [6.07, 6.45) is 1.18. The number of nitrogens with zero attached hydrogens (tertiary/aromatic N) is 4. The number of anilines is 2. The fourth-order valence-corrected chi connectivity index (χ4v) is 3.12. The number of hydrogen-bond acceptors (Lipinski definition) is 6. The van der Waals surface area contributed by atoms with Crippen molar-refractivity contribution in [3.8, 4) is 0 Å². The van der Waals surface area contributed by atoms with Crippen molar-refractivity contribution in [3.63, 3.8) is 0 Å². The van der Waals surface area contributed by atoms with Crippen LogP contribution < -0.4 is 4.90 Å². The van der Waals surface area contributed by atoms with Crippen molar-refractivity contribution in [1.82, 2.24) is 15.0 Å². The number of aryl methyl sites for hydroxylation is 1. The minimum Gasteiger partial charge on any atom is -0.459 e. The Balaban J connectivity index is 2.12. The highest BCUT2D eigenvalue weighted by Gasteiger charge is 2.39. The SMILES string of the molecule is Cc1ccc2c(n1)C(C)(C)CN2c1nc(Cl)ncc1C(=O)OC(C)C. The van der Waals surface area contributed by atoms with Gasteiger partial charge in [-0.2, -0.15) is 4.98 Å². The molecule has 0 atom stereocenters. The van der Waals surface area contributed by atoms with Crippen molar-refractivity contribution in [1.29, 1.82) is 0 Å². The second-order valence-corrected chi connectivity index (χ2v) is 7.46. The van der Waals surface area contributed by atoms with Crippen LogP contribution in [0.4, 0.5) is 11.5 Å². The smallest absolute Gasteiger partial charge is 0.343 e. The molecule has 0 bridgehead atoms. The molecule has 6 nitrogen and oxygen atoms in total. The van der Waals surface area contributed by atoms with Crippen LogP contribution in [0.3, 0.4) is 0 Å². The molecular formula is C18H21ClN4O2. The third-order valence-corrected chi connectivity index (χ3v) is 4.24. The zero-order chi connectivity index (χ0) is 18.4. The van der Waals surface area contributed by atoms with Crippen LogP contribution in [0.1, 0.15) is 49.4 Å². The molecule has 2 aromatic heterocycles. The topological polar surface area (TPSA) is 68.2 Å². The van der Waals surface area contributed by atoms with Crippen LogP contribution in [0.2, 0.25) is 5.28 Å². The molecule has 2 aromatic rings. The fourth-order valence-electron chi connectivity index (χ4n) is 2.99. The van der Waals surface area contributed by atoms with Gasteiger partial charge in [0.1, 0.15) is 5.56 Å². The van der Waals surface area contributed by atoms with E-state index in [4.69, 9.17) is 21.3 Å². The van der Waals surface area contributed by atoms with Gasteiger partial charge in [-0.1, -0.05) is 13.8 Å². The van der Waals surface area contributed by atoms with E-state index in [9.17, 15) is 4.79 Å². The maximum absolute atomic E-state index is 12.5. The summed E-state index contributed by atoms with van der Waals surface area (Å²) in [6, 6.07) is 3.95. The van der Waals surface area contributed by atoms with E-state index < -0.39 is 5.97 Å². The second-order valence-electron chi connectivity index (χ2n) is 7.12. The maximum atomic E-state index is 12.5. The van der Waals surface area contributed by atoms with Crippen molar-refractivity contribution >= 4 is 29.1 Å². The predicted molar refractivity (Wildman–Crippen MR) is 96.6 cm³/mol. The number of hydrogen-bond donors (Lipinski definition) is 0. The summed E-state index contributed by atoms with van der Waals surface area (Å²) < 4.78 is 5.33. The van der Waals surface area contributed by atoms with Crippen LogP contribution in [0.5, 0.6) is 0 Å². The maximum Gasteiger partial charge on any atom is 0.343 e. The zero-order valence-corrected chi connectivity index (χ0v) is 15.8. The first kappa shape index (κ1) is 17.6. The number of carbonyl (C=O) groups excluding carboxylic acids is 1. The Labute approximate surface area is 152 Å². The van der Waals surface area contributed by atoms with Crippen molar-refractivity contribution in [2.24, 2.45) is 0 Å². The van der Waals surface area contributed by atoms with Crippen LogP contribution >= 0.6 is 11.6 Å². The number of ether oxygens (including phenoxy) is 1. The van der Waals surface area contributed by atoms with E-state index in [1.165, 1.54) is 6.20 Å². The minimum atomic E-state index is -0.465. The average Bonchev–Trinajstić information content (AvgIpc) is 2.77. The van der Waals surface area contributed by atoms with Gasteiger partial charge in [0.05, 0.1) is 17.5 Å². The van der Waals surface area contributed by atoms with Gasteiger partial charge < -0.3 is 9.64 Å². The summed E-state index contributed by atoms with van der Waals surface area (Å²) in [7, 11) is 0. The van der Waals surface area contributed by atoms with Crippen LogP contribution in [-0.2, 0) is 10.2 Å². The van der Waals surface area contributed by atoms with Crippen LogP contribution in [0.25, 0.3) is 0 Å². The number of esters is 1. The van der Waals surface area contributed by atoms with Crippen LogP contribution in [0.15, 0.2) is 18.3 Å². The Hall–Kier alpha value is -2.21. The van der Waals surface area contributed by atoms with E-state index in [1.807, 2.05) is 24.0 Å². The van der Waals surface area contributed by atoms with E-state index in [-0.39, 0.29) is 16.8 Å². The number of aromatic nitrogens is 3. The summed E-state index contributed by atoms with van der Waals surface area (Å²) in [5, 5.41) is 0.0856. The Bertz CT molecular complexity index is 836. The van der Waals surface area contributed by atoms with E-state index in [0.29, 0.717) is 17.9 Å². The zero-order valence-electron chi connectivity index (χ0n) is 15.0. The normalized spacial score (nSPS) is 15.4. The van der Waals surface area contributed by atoms with Gasteiger partial charge in [0.2, 0.25) is 5.28 Å². The summed E-state index contributed by atoms with van der Waals surface area (Å²) >= 11 is 6.01. The molecule has 0 saturated carbocycles. The molecule has 3 rings (SSSR count).